The lowest BCUT2D eigenvalue weighted by atomic mass is 10.2. The molecule has 0 radical (unpaired) electrons. The van der Waals surface area contributed by atoms with Crippen LogP contribution in [-0.2, 0) is 16.6 Å². The quantitative estimate of drug-likeness (QED) is 0.620. The van der Waals surface area contributed by atoms with Gasteiger partial charge in [0.2, 0.25) is 0 Å². The highest BCUT2D eigenvalue weighted by atomic mass is 32.2. The van der Waals surface area contributed by atoms with E-state index in [0.29, 0.717) is 23.5 Å². The van der Waals surface area contributed by atoms with E-state index in [2.05, 4.69) is 5.32 Å². The molecule has 0 fully saturated rings. The number of methoxy groups -OCH3 is 1. The first-order valence-corrected chi connectivity index (χ1v) is 10.7. The van der Waals surface area contributed by atoms with Gasteiger partial charge in [0.15, 0.2) is 0 Å². The fraction of sp³-hybridized carbons (Fsp3) is 0.227. The highest BCUT2D eigenvalue weighted by Crippen LogP contribution is 2.30. The molecule has 0 spiro atoms. The number of rotatable bonds is 7. The number of para-hydroxylation sites is 2. The molecule has 2 aromatic carbocycles. The average Bonchev–Trinajstić information content (AvgIpc) is 3.08. The second-order valence-electron chi connectivity index (χ2n) is 6.79. The molecule has 0 aliphatic heterocycles. The third-order valence-electron chi connectivity index (χ3n) is 4.78. The van der Waals surface area contributed by atoms with Crippen LogP contribution in [0.1, 0.15) is 27.4 Å². The smallest absolute Gasteiger partial charge is 0.264 e. The monoisotopic (exact) mass is 428 g/mol. The number of aryl methyl sites for hydroxylation is 2. The third-order valence-corrected chi connectivity index (χ3v) is 6.57. The van der Waals surface area contributed by atoms with Gasteiger partial charge < -0.3 is 14.5 Å². The van der Waals surface area contributed by atoms with Crippen LogP contribution < -0.4 is 14.4 Å². The van der Waals surface area contributed by atoms with Crippen molar-refractivity contribution in [3.63, 3.8) is 0 Å². The Balaban J connectivity index is 1.75. The van der Waals surface area contributed by atoms with Gasteiger partial charge in [-0.3, -0.25) is 9.10 Å². The van der Waals surface area contributed by atoms with Gasteiger partial charge in [0.05, 0.1) is 17.7 Å². The molecule has 0 bridgehead atoms. The van der Waals surface area contributed by atoms with E-state index in [-0.39, 0.29) is 10.8 Å². The van der Waals surface area contributed by atoms with Crippen LogP contribution in [0.15, 0.2) is 63.9 Å². The summed E-state index contributed by atoms with van der Waals surface area (Å²) in [4.78, 5) is 12.5. The molecule has 0 unspecified atom stereocenters. The van der Waals surface area contributed by atoms with Crippen LogP contribution >= 0.6 is 0 Å². The maximum absolute atomic E-state index is 13.0. The predicted octanol–water partition coefficient (Wildman–Crippen LogP) is 3.66. The molecule has 1 N–H and O–H groups in total. The highest BCUT2D eigenvalue weighted by molar-refractivity contribution is 7.92. The molecule has 3 aromatic rings. The molecule has 0 aliphatic rings. The minimum Gasteiger partial charge on any atom is -0.495 e. The van der Waals surface area contributed by atoms with E-state index in [9.17, 15) is 13.2 Å². The molecule has 1 aromatic heterocycles. The number of anilines is 1. The molecule has 0 aliphatic carbocycles. The van der Waals surface area contributed by atoms with Crippen molar-refractivity contribution in [1.29, 1.82) is 0 Å². The second-order valence-corrected chi connectivity index (χ2v) is 8.76. The van der Waals surface area contributed by atoms with Crippen molar-refractivity contribution in [2.24, 2.45) is 0 Å². The molecule has 0 saturated heterocycles. The number of nitrogens with one attached hydrogen (secondary N) is 1. The maximum atomic E-state index is 13.0. The number of nitrogens with zero attached hydrogens (tertiary/aromatic N) is 1. The van der Waals surface area contributed by atoms with E-state index in [1.165, 1.54) is 38.4 Å². The Hall–Kier alpha value is -3.26. The van der Waals surface area contributed by atoms with Gasteiger partial charge in [-0.15, -0.1) is 0 Å². The summed E-state index contributed by atoms with van der Waals surface area (Å²) in [6.07, 6.45) is 0. The zero-order valence-electron chi connectivity index (χ0n) is 17.3. The molecule has 0 atom stereocenters. The van der Waals surface area contributed by atoms with Crippen LogP contribution in [0.4, 0.5) is 5.69 Å². The Morgan fingerprint density at radius 3 is 2.37 bits per heavy atom. The standard InChI is InChI=1S/C22H24N2O5S/c1-15-13-18(16(2)29-15)14-23-22(25)17-9-11-19(12-10-17)30(26,27)24(3)20-7-5-6-8-21(20)28-4/h5-13H,14H2,1-4H3,(H,23,25). The summed E-state index contributed by atoms with van der Waals surface area (Å²) in [5.41, 5.74) is 1.69. The molecule has 0 saturated carbocycles. The van der Waals surface area contributed by atoms with Crippen LogP contribution in [0.5, 0.6) is 5.75 Å². The van der Waals surface area contributed by atoms with Crippen LogP contribution in [0.25, 0.3) is 0 Å². The molecule has 8 heteroatoms. The minimum absolute atomic E-state index is 0.0776. The van der Waals surface area contributed by atoms with Crippen LogP contribution in [0, 0.1) is 13.8 Å². The topological polar surface area (TPSA) is 88.8 Å². The number of carbonyl (C=O) groups is 1. The predicted molar refractivity (Wildman–Crippen MR) is 114 cm³/mol. The normalized spacial score (nSPS) is 11.2. The van der Waals surface area contributed by atoms with E-state index in [1.54, 1.807) is 24.3 Å². The Morgan fingerprint density at radius 2 is 1.77 bits per heavy atom. The zero-order valence-corrected chi connectivity index (χ0v) is 18.1. The van der Waals surface area contributed by atoms with Gasteiger partial charge in [0, 0.05) is 24.7 Å². The minimum atomic E-state index is -3.82. The van der Waals surface area contributed by atoms with Crippen molar-refractivity contribution >= 4 is 21.6 Å². The third kappa shape index (κ3) is 4.33. The first kappa shape index (κ1) is 21.4. The summed E-state index contributed by atoms with van der Waals surface area (Å²) < 4.78 is 37.8. The van der Waals surface area contributed by atoms with Crippen molar-refractivity contribution in [3.8, 4) is 5.75 Å². The number of hydrogen-bond donors (Lipinski definition) is 1. The lowest BCUT2D eigenvalue weighted by molar-refractivity contribution is 0.0950. The summed E-state index contributed by atoms with van der Waals surface area (Å²) in [5.74, 6) is 1.69. The molecule has 7 nitrogen and oxygen atoms in total. The summed E-state index contributed by atoms with van der Waals surface area (Å²) in [6, 6.07) is 14.6. The molecular weight excluding hydrogens is 404 g/mol. The summed E-state index contributed by atoms with van der Waals surface area (Å²) in [6.45, 7) is 4.02. The molecular formula is C22H24N2O5S. The van der Waals surface area contributed by atoms with Crippen molar-refractivity contribution in [1.82, 2.24) is 5.32 Å². The van der Waals surface area contributed by atoms with Gasteiger partial charge in [0.25, 0.3) is 15.9 Å². The number of benzene rings is 2. The van der Waals surface area contributed by atoms with Crippen molar-refractivity contribution in [2.45, 2.75) is 25.3 Å². The van der Waals surface area contributed by atoms with Crippen molar-refractivity contribution < 1.29 is 22.4 Å². The number of hydrogen-bond acceptors (Lipinski definition) is 5. The average molecular weight is 429 g/mol. The van der Waals surface area contributed by atoms with Crippen LogP contribution in [0.3, 0.4) is 0 Å². The van der Waals surface area contributed by atoms with Gasteiger partial charge in [0.1, 0.15) is 17.3 Å². The number of amides is 1. The first-order valence-electron chi connectivity index (χ1n) is 9.30. The van der Waals surface area contributed by atoms with E-state index < -0.39 is 10.0 Å². The van der Waals surface area contributed by atoms with Gasteiger partial charge in [-0.25, -0.2) is 8.42 Å². The van der Waals surface area contributed by atoms with Gasteiger partial charge >= 0.3 is 0 Å². The van der Waals surface area contributed by atoms with E-state index in [0.717, 1.165) is 21.4 Å². The molecule has 1 amide bonds. The lowest BCUT2D eigenvalue weighted by Gasteiger charge is -2.21. The largest absolute Gasteiger partial charge is 0.495 e. The molecule has 3 rings (SSSR count). The van der Waals surface area contributed by atoms with Crippen molar-refractivity contribution in [3.05, 3.63) is 77.2 Å². The first-order chi connectivity index (χ1) is 14.2. The van der Waals surface area contributed by atoms with E-state index in [4.69, 9.17) is 9.15 Å². The van der Waals surface area contributed by atoms with E-state index >= 15 is 0 Å². The van der Waals surface area contributed by atoms with Gasteiger partial charge in [-0.05, 0) is 56.3 Å². The molecule has 1 heterocycles. The van der Waals surface area contributed by atoms with Gasteiger partial charge in [-0.2, -0.15) is 0 Å². The highest BCUT2D eigenvalue weighted by Gasteiger charge is 2.24. The Kier molecular flexibility index (Phi) is 6.17. The fourth-order valence-corrected chi connectivity index (χ4v) is 4.30. The SMILES string of the molecule is COc1ccccc1N(C)S(=O)(=O)c1ccc(C(=O)NCc2cc(C)oc2C)cc1. The number of sulfonamides is 1. The Labute approximate surface area is 176 Å². The number of carbonyl (C=O) groups excluding carboxylic acids is 1. The summed E-state index contributed by atoms with van der Waals surface area (Å²) in [7, 11) is -0.869. The molecule has 158 valence electrons. The van der Waals surface area contributed by atoms with Crippen molar-refractivity contribution in [2.75, 3.05) is 18.5 Å². The van der Waals surface area contributed by atoms with Crippen LogP contribution in [0.2, 0.25) is 0 Å². The zero-order chi connectivity index (χ0) is 21.9. The lowest BCUT2D eigenvalue weighted by Crippen LogP contribution is -2.27. The summed E-state index contributed by atoms with van der Waals surface area (Å²) >= 11 is 0. The van der Waals surface area contributed by atoms with Crippen LogP contribution in [-0.4, -0.2) is 28.5 Å². The summed E-state index contributed by atoms with van der Waals surface area (Å²) in [5, 5.41) is 2.82. The second kappa shape index (κ2) is 8.62. The Bertz CT molecular complexity index is 1150. The molecule has 30 heavy (non-hydrogen) atoms. The number of furan rings is 1. The van der Waals surface area contributed by atoms with E-state index in [1.807, 2.05) is 19.9 Å². The maximum Gasteiger partial charge on any atom is 0.264 e. The van der Waals surface area contributed by atoms with Gasteiger partial charge in [-0.1, -0.05) is 12.1 Å². The Morgan fingerprint density at radius 1 is 1.10 bits per heavy atom. The fourth-order valence-electron chi connectivity index (χ4n) is 3.09. The number of ether oxygens (including phenoxy) is 1.